The molecule has 0 radical (unpaired) electrons. The number of nitrogens with zero attached hydrogens (tertiary/aromatic N) is 1. The molecule has 7 heteroatoms. The first-order chi connectivity index (χ1) is 11.9. The fourth-order valence-electron chi connectivity index (χ4n) is 2.20. The van der Waals surface area contributed by atoms with Gasteiger partial charge in [-0.2, -0.15) is 5.26 Å². The van der Waals surface area contributed by atoms with E-state index in [1.165, 1.54) is 7.11 Å². The predicted octanol–water partition coefficient (Wildman–Crippen LogP) is 3.75. The molecule has 1 amide bonds. The standard InChI is InChI=1S/C18H18N2O4S/c1-10(2)24-18(22)15-11(3)13(9-19)17(25-15)20-16(21)12-7-5-6-8-14(12)23-4/h5-8,10H,1-4H3,(H,20,21). The number of ether oxygens (including phenoxy) is 2. The first-order valence-electron chi connectivity index (χ1n) is 7.57. The van der Waals surface area contributed by atoms with Gasteiger partial charge in [-0.3, -0.25) is 4.79 Å². The number of rotatable bonds is 5. The van der Waals surface area contributed by atoms with E-state index in [0.29, 0.717) is 26.8 Å². The Kier molecular flexibility index (Phi) is 5.78. The summed E-state index contributed by atoms with van der Waals surface area (Å²) in [5, 5.41) is 12.4. The van der Waals surface area contributed by atoms with Gasteiger partial charge in [-0.15, -0.1) is 11.3 Å². The summed E-state index contributed by atoms with van der Waals surface area (Å²) in [6, 6.07) is 8.80. The highest BCUT2D eigenvalue weighted by Gasteiger charge is 2.24. The van der Waals surface area contributed by atoms with E-state index in [1.807, 2.05) is 6.07 Å². The third kappa shape index (κ3) is 3.98. The van der Waals surface area contributed by atoms with Crippen molar-refractivity contribution >= 4 is 28.2 Å². The van der Waals surface area contributed by atoms with Crippen molar-refractivity contribution in [1.29, 1.82) is 5.26 Å². The van der Waals surface area contributed by atoms with E-state index in [9.17, 15) is 14.9 Å². The molecule has 0 aliphatic rings. The van der Waals surface area contributed by atoms with Crippen LogP contribution in [0.4, 0.5) is 5.00 Å². The zero-order valence-electron chi connectivity index (χ0n) is 14.4. The summed E-state index contributed by atoms with van der Waals surface area (Å²) in [6.45, 7) is 5.15. The fraction of sp³-hybridized carbons (Fsp3) is 0.278. The lowest BCUT2D eigenvalue weighted by molar-refractivity contribution is 0.0383. The van der Waals surface area contributed by atoms with Crippen LogP contribution in [-0.2, 0) is 4.74 Å². The number of anilines is 1. The van der Waals surface area contributed by atoms with Crippen molar-refractivity contribution in [1.82, 2.24) is 0 Å². The number of hydrogen-bond donors (Lipinski definition) is 1. The molecule has 0 aliphatic carbocycles. The topological polar surface area (TPSA) is 88.4 Å². The summed E-state index contributed by atoms with van der Waals surface area (Å²) in [5.41, 5.74) is 1.09. The number of thiophene rings is 1. The molecule has 0 spiro atoms. The smallest absolute Gasteiger partial charge is 0.348 e. The zero-order chi connectivity index (χ0) is 18.6. The van der Waals surface area contributed by atoms with Crippen LogP contribution in [0.5, 0.6) is 5.75 Å². The van der Waals surface area contributed by atoms with Gasteiger partial charge in [0.25, 0.3) is 5.91 Å². The van der Waals surface area contributed by atoms with Crippen LogP contribution in [-0.4, -0.2) is 25.1 Å². The molecule has 1 heterocycles. The molecule has 0 bridgehead atoms. The average molecular weight is 358 g/mol. The number of nitrogens with one attached hydrogen (secondary N) is 1. The van der Waals surface area contributed by atoms with E-state index in [4.69, 9.17) is 9.47 Å². The van der Waals surface area contributed by atoms with Gasteiger partial charge in [0.05, 0.1) is 24.3 Å². The summed E-state index contributed by atoms with van der Waals surface area (Å²) >= 11 is 1.03. The molecule has 1 aromatic heterocycles. The molecular weight excluding hydrogens is 340 g/mol. The van der Waals surface area contributed by atoms with Crippen molar-refractivity contribution in [3.8, 4) is 11.8 Å². The Bertz CT molecular complexity index is 849. The molecule has 1 N–H and O–H groups in total. The van der Waals surface area contributed by atoms with E-state index in [2.05, 4.69) is 5.32 Å². The van der Waals surface area contributed by atoms with E-state index < -0.39 is 11.9 Å². The molecule has 0 saturated carbocycles. The van der Waals surface area contributed by atoms with Crippen LogP contribution >= 0.6 is 11.3 Å². The van der Waals surface area contributed by atoms with Crippen molar-refractivity contribution in [2.75, 3.05) is 12.4 Å². The first kappa shape index (κ1) is 18.5. The van der Waals surface area contributed by atoms with Gasteiger partial charge in [0.15, 0.2) is 0 Å². The quantitative estimate of drug-likeness (QED) is 0.822. The minimum Gasteiger partial charge on any atom is -0.496 e. The third-order valence-corrected chi connectivity index (χ3v) is 4.55. The summed E-state index contributed by atoms with van der Waals surface area (Å²) in [5.74, 6) is -0.503. The largest absolute Gasteiger partial charge is 0.496 e. The van der Waals surface area contributed by atoms with Crippen molar-refractivity contribution in [3.05, 3.63) is 45.8 Å². The van der Waals surface area contributed by atoms with Gasteiger partial charge in [-0.05, 0) is 38.5 Å². The highest BCUT2D eigenvalue weighted by molar-refractivity contribution is 7.18. The number of benzene rings is 1. The number of methoxy groups -OCH3 is 1. The number of carbonyl (C=O) groups excluding carboxylic acids is 2. The molecule has 2 rings (SSSR count). The Morgan fingerprint density at radius 3 is 2.56 bits per heavy atom. The van der Waals surface area contributed by atoms with E-state index in [-0.39, 0.29) is 11.7 Å². The molecule has 0 fully saturated rings. The molecular formula is C18H18N2O4S. The number of hydrogen-bond acceptors (Lipinski definition) is 6. The maximum absolute atomic E-state index is 12.5. The summed E-state index contributed by atoms with van der Waals surface area (Å²) in [7, 11) is 1.47. The number of esters is 1. The number of amides is 1. The van der Waals surface area contributed by atoms with E-state index in [1.54, 1.807) is 45.0 Å². The normalized spacial score (nSPS) is 10.2. The molecule has 130 valence electrons. The van der Waals surface area contributed by atoms with Crippen LogP contribution in [0.2, 0.25) is 0 Å². The SMILES string of the molecule is COc1ccccc1C(=O)Nc1sc(C(=O)OC(C)C)c(C)c1C#N. The van der Waals surface area contributed by atoms with Gasteiger partial charge in [-0.25, -0.2) is 4.79 Å². The minimum atomic E-state index is -0.508. The summed E-state index contributed by atoms with van der Waals surface area (Å²) < 4.78 is 10.4. The fourth-order valence-corrected chi connectivity index (χ4v) is 3.24. The molecule has 25 heavy (non-hydrogen) atoms. The van der Waals surface area contributed by atoms with Crippen LogP contribution in [0, 0.1) is 18.3 Å². The van der Waals surface area contributed by atoms with Gasteiger partial charge in [0, 0.05) is 0 Å². The number of nitriles is 1. The van der Waals surface area contributed by atoms with Gasteiger partial charge in [-0.1, -0.05) is 12.1 Å². The second-order valence-corrected chi connectivity index (χ2v) is 6.50. The van der Waals surface area contributed by atoms with Crippen LogP contribution in [0.3, 0.4) is 0 Å². The highest BCUT2D eigenvalue weighted by atomic mass is 32.1. The van der Waals surface area contributed by atoms with Crippen LogP contribution in [0.1, 0.15) is 45.0 Å². The zero-order valence-corrected chi connectivity index (χ0v) is 15.2. The third-order valence-electron chi connectivity index (χ3n) is 3.37. The Labute approximate surface area is 150 Å². The van der Waals surface area contributed by atoms with Crippen LogP contribution < -0.4 is 10.1 Å². The van der Waals surface area contributed by atoms with Gasteiger partial charge in [0.2, 0.25) is 0 Å². The lowest BCUT2D eigenvalue weighted by Gasteiger charge is -2.08. The van der Waals surface area contributed by atoms with Crippen LogP contribution in [0.25, 0.3) is 0 Å². The molecule has 0 atom stereocenters. The Balaban J connectivity index is 2.35. The van der Waals surface area contributed by atoms with Crippen molar-refractivity contribution < 1.29 is 19.1 Å². The van der Waals surface area contributed by atoms with Crippen molar-refractivity contribution in [2.45, 2.75) is 26.9 Å². The Morgan fingerprint density at radius 1 is 1.28 bits per heavy atom. The van der Waals surface area contributed by atoms with Gasteiger partial charge in [0.1, 0.15) is 21.7 Å². The monoisotopic (exact) mass is 358 g/mol. The average Bonchev–Trinajstić information content (AvgIpc) is 2.89. The molecule has 0 aliphatic heterocycles. The molecule has 1 aromatic carbocycles. The van der Waals surface area contributed by atoms with Crippen molar-refractivity contribution in [3.63, 3.8) is 0 Å². The minimum absolute atomic E-state index is 0.254. The Hall–Kier alpha value is -2.85. The number of para-hydroxylation sites is 1. The highest BCUT2D eigenvalue weighted by Crippen LogP contribution is 2.34. The molecule has 0 saturated heterocycles. The Morgan fingerprint density at radius 2 is 1.96 bits per heavy atom. The van der Waals surface area contributed by atoms with E-state index in [0.717, 1.165) is 11.3 Å². The molecule has 6 nitrogen and oxygen atoms in total. The molecule has 0 unspecified atom stereocenters. The molecule has 2 aromatic rings. The predicted molar refractivity (Wildman–Crippen MR) is 95.3 cm³/mol. The lowest BCUT2D eigenvalue weighted by atomic mass is 10.1. The summed E-state index contributed by atoms with van der Waals surface area (Å²) in [4.78, 5) is 25.0. The second kappa shape index (κ2) is 7.81. The maximum Gasteiger partial charge on any atom is 0.348 e. The lowest BCUT2D eigenvalue weighted by Crippen LogP contribution is -2.13. The van der Waals surface area contributed by atoms with Gasteiger partial charge >= 0.3 is 5.97 Å². The second-order valence-electron chi connectivity index (χ2n) is 5.48. The maximum atomic E-state index is 12.5. The van der Waals surface area contributed by atoms with Crippen molar-refractivity contribution in [2.24, 2.45) is 0 Å². The van der Waals surface area contributed by atoms with Crippen LogP contribution in [0.15, 0.2) is 24.3 Å². The van der Waals surface area contributed by atoms with Gasteiger partial charge < -0.3 is 14.8 Å². The number of carbonyl (C=O) groups is 2. The summed E-state index contributed by atoms with van der Waals surface area (Å²) in [6.07, 6.45) is -0.272. The first-order valence-corrected chi connectivity index (χ1v) is 8.39. The van der Waals surface area contributed by atoms with E-state index >= 15 is 0 Å².